The Labute approximate surface area is 145 Å². The smallest absolute Gasteiger partial charge is 0.264 e. The van der Waals surface area contributed by atoms with Gasteiger partial charge in [0.15, 0.2) is 11.5 Å². The van der Waals surface area contributed by atoms with Crippen LogP contribution in [0.5, 0.6) is 11.5 Å². The quantitative estimate of drug-likeness (QED) is 0.838. The average Bonchev–Trinajstić information content (AvgIpc) is 2.84. The first kappa shape index (κ1) is 17.1. The fourth-order valence-corrected chi connectivity index (χ4v) is 3.20. The zero-order valence-corrected chi connectivity index (χ0v) is 14.3. The first-order valence-electron chi connectivity index (χ1n) is 7.65. The number of fused-ring (bicyclic) bond motifs is 1. The molecule has 1 aromatic carbocycles. The highest BCUT2D eigenvalue weighted by molar-refractivity contribution is 7.90. The Hall–Kier alpha value is -2.74. The standard InChI is InChI=1S/C17H17NO6S/c1-12-3-4-13(24-12)5-8-17(19)18-25(20,21)14-6-7-15-16(11-14)23-10-2-9-22-15/h3-8,11H,2,9-10H2,1H3,(H,18,19)/b8-5+. The van der Waals surface area contributed by atoms with Crippen LogP contribution < -0.4 is 14.2 Å². The minimum Gasteiger partial charge on any atom is -0.490 e. The molecule has 0 spiro atoms. The van der Waals surface area contributed by atoms with E-state index >= 15 is 0 Å². The number of carbonyl (C=O) groups is 1. The Morgan fingerprint density at radius 3 is 2.60 bits per heavy atom. The Bertz CT molecular complexity index is 913. The number of furan rings is 1. The molecule has 0 fully saturated rings. The van der Waals surface area contributed by atoms with Crippen LogP contribution in [0, 0.1) is 6.92 Å². The van der Waals surface area contributed by atoms with Crippen LogP contribution in [-0.4, -0.2) is 27.5 Å². The largest absolute Gasteiger partial charge is 0.490 e. The molecule has 25 heavy (non-hydrogen) atoms. The van der Waals surface area contributed by atoms with Gasteiger partial charge in [-0.05, 0) is 37.3 Å². The maximum Gasteiger partial charge on any atom is 0.264 e. The second-order valence-electron chi connectivity index (χ2n) is 5.41. The molecule has 0 radical (unpaired) electrons. The minimum atomic E-state index is -4.02. The van der Waals surface area contributed by atoms with Crippen molar-refractivity contribution >= 4 is 22.0 Å². The summed E-state index contributed by atoms with van der Waals surface area (Å²) in [5, 5.41) is 0. The summed E-state index contributed by atoms with van der Waals surface area (Å²) in [5.41, 5.74) is 0. The van der Waals surface area contributed by atoms with Crippen LogP contribution in [-0.2, 0) is 14.8 Å². The van der Waals surface area contributed by atoms with Crippen LogP contribution >= 0.6 is 0 Å². The highest BCUT2D eigenvalue weighted by Gasteiger charge is 2.20. The van der Waals surface area contributed by atoms with E-state index in [-0.39, 0.29) is 4.90 Å². The summed E-state index contributed by atoms with van der Waals surface area (Å²) >= 11 is 0. The van der Waals surface area contributed by atoms with Crippen molar-refractivity contribution in [2.45, 2.75) is 18.2 Å². The van der Waals surface area contributed by atoms with E-state index in [4.69, 9.17) is 13.9 Å². The molecule has 7 nitrogen and oxygen atoms in total. The number of carbonyl (C=O) groups excluding carboxylic acids is 1. The first-order valence-corrected chi connectivity index (χ1v) is 9.13. The van der Waals surface area contributed by atoms with E-state index in [1.807, 2.05) is 4.72 Å². The Morgan fingerprint density at radius 1 is 1.12 bits per heavy atom. The summed E-state index contributed by atoms with van der Waals surface area (Å²) in [6, 6.07) is 7.64. The van der Waals surface area contributed by atoms with Gasteiger partial charge in [-0.3, -0.25) is 4.79 Å². The second-order valence-corrected chi connectivity index (χ2v) is 7.09. The Balaban J connectivity index is 1.74. The predicted octanol–water partition coefficient (Wildman–Crippen LogP) is 2.27. The summed E-state index contributed by atoms with van der Waals surface area (Å²) in [7, 11) is -4.02. The number of hydrogen-bond acceptors (Lipinski definition) is 6. The summed E-state index contributed by atoms with van der Waals surface area (Å²) in [6.07, 6.45) is 3.20. The molecule has 0 aliphatic carbocycles. The van der Waals surface area contributed by atoms with Gasteiger partial charge in [0.05, 0.1) is 18.1 Å². The van der Waals surface area contributed by atoms with E-state index in [0.29, 0.717) is 42.7 Å². The van der Waals surface area contributed by atoms with Crippen molar-refractivity contribution in [1.82, 2.24) is 4.72 Å². The van der Waals surface area contributed by atoms with Crippen molar-refractivity contribution in [2.75, 3.05) is 13.2 Å². The maximum atomic E-state index is 12.3. The van der Waals surface area contributed by atoms with Crippen molar-refractivity contribution in [1.29, 1.82) is 0 Å². The monoisotopic (exact) mass is 363 g/mol. The average molecular weight is 363 g/mol. The molecule has 0 saturated heterocycles. The van der Waals surface area contributed by atoms with Gasteiger partial charge in [0.25, 0.3) is 15.9 Å². The van der Waals surface area contributed by atoms with E-state index in [9.17, 15) is 13.2 Å². The van der Waals surface area contributed by atoms with Crippen molar-refractivity contribution < 1.29 is 27.1 Å². The maximum absolute atomic E-state index is 12.3. The lowest BCUT2D eigenvalue weighted by molar-refractivity contribution is -0.114. The van der Waals surface area contributed by atoms with E-state index < -0.39 is 15.9 Å². The third kappa shape index (κ3) is 4.21. The molecule has 1 N–H and O–H groups in total. The third-order valence-corrected chi connectivity index (χ3v) is 4.77. The summed E-state index contributed by atoms with van der Waals surface area (Å²) in [6.45, 7) is 2.72. The molecule has 0 atom stereocenters. The van der Waals surface area contributed by atoms with E-state index in [1.165, 1.54) is 24.3 Å². The number of aryl methyl sites for hydroxylation is 1. The fraction of sp³-hybridized carbons (Fsp3) is 0.235. The lowest BCUT2D eigenvalue weighted by Crippen LogP contribution is -2.29. The van der Waals surface area contributed by atoms with Gasteiger partial charge in [0.2, 0.25) is 0 Å². The van der Waals surface area contributed by atoms with Crippen molar-refractivity contribution in [3.05, 3.63) is 47.9 Å². The zero-order valence-electron chi connectivity index (χ0n) is 13.5. The number of benzene rings is 1. The molecule has 132 valence electrons. The molecule has 1 aromatic heterocycles. The van der Waals surface area contributed by atoms with Gasteiger partial charge >= 0.3 is 0 Å². The molecular formula is C17H17NO6S. The normalized spacial score (nSPS) is 14.3. The third-order valence-electron chi connectivity index (χ3n) is 3.42. The van der Waals surface area contributed by atoms with Gasteiger partial charge < -0.3 is 13.9 Å². The highest BCUT2D eigenvalue weighted by Crippen LogP contribution is 2.31. The molecule has 0 bridgehead atoms. The molecular weight excluding hydrogens is 346 g/mol. The Kier molecular flexibility index (Phi) is 4.80. The van der Waals surface area contributed by atoms with E-state index in [2.05, 4.69) is 0 Å². The van der Waals surface area contributed by atoms with Crippen LogP contribution in [0.15, 0.2) is 45.7 Å². The molecule has 8 heteroatoms. The van der Waals surface area contributed by atoms with E-state index in [0.717, 1.165) is 6.08 Å². The van der Waals surface area contributed by atoms with Crippen LogP contribution in [0.2, 0.25) is 0 Å². The lowest BCUT2D eigenvalue weighted by atomic mass is 10.3. The van der Waals surface area contributed by atoms with Crippen LogP contribution in [0.4, 0.5) is 0 Å². The van der Waals surface area contributed by atoms with Crippen LogP contribution in [0.25, 0.3) is 6.08 Å². The number of hydrogen-bond donors (Lipinski definition) is 1. The van der Waals surface area contributed by atoms with Gasteiger partial charge in [-0.1, -0.05) is 0 Å². The second kappa shape index (κ2) is 7.02. The van der Waals surface area contributed by atoms with Gasteiger partial charge in [-0.15, -0.1) is 0 Å². The van der Waals surface area contributed by atoms with Crippen LogP contribution in [0.3, 0.4) is 0 Å². The molecule has 0 unspecified atom stereocenters. The lowest BCUT2D eigenvalue weighted by Gasteiger charge is -2.10. The van der Waals surface area contributed by atoms with Gasteiger partial charge in [-0.25, -0.2) is 13.1 Å². The number of amides is 1. The number of rotatable bonds is 4. The summed E-state index contributed by atoms with van der Waals surface area (Å²) < 4.78 is 42.9. The van der Waals surface area contributed by atoms with Gasteiger partial charge in [0, 0.05) is 18.6 Å². The fourth-order valence-electron chi connectivity index (χ4n) is 2.24. The number of nitrogens with one attached hydrogen (secondary N) is 1. The Morgan fingerprint density at radius 2 is 1.88 bits per heavy atom. The molecule has 0 saturated carbocycles. The van der Waals surface area contributed by atoms with Crippen molar-refractivity contribution in [2.24, 2.45) is 0 Å². The molecule has 1 aliphatic rings. The zero-order chi connectivity index (χ0) is 17.9. The van der Waals surface area contributed by atoms with Crippen LogP contribution in [0.1, 0.15) is 17.9 Å². The molecule has 1 aliphatic heterocycles. The topological polar surface area (TPSA) is 94.8 Å². The minimum absolute atomic E-state index is 0.0765. The van der Waals surface area contributed by atoms with E-state index in [1.54, 1.807) is 19.1 Å². The van der Waals surface area contributed by atoms with Gasteiger partial charge in [-0.2, -0.15) is 0 Å². The SMILES string of the molecule is Cc1ccc(/C=C/C(=O)NS(=O)(=O)c2ccc3c(c2)OCCCO3)o1. The number of ether oxygens (including phenoxy) is 2. The summed E-state index contributed by atoms with van der Waals surface area (Å²) in [5.74, 6) is 1.20. The predicted molar refractivity (Wildman–Crippen MR) is 89.9 cm³/mol. The molecule has 1 amide bonds. The molecule has 2 aromatic rings. The highest BCUT2D eigenvalue weighted by atomic mass is 32.2. The first-order chi connectivity index (χ1) is 11.9. The molecule has 3 rings (SSSR count). The number of sulfonamides is 1. The summed E-state index contributed by atoms with van der Waals surface area (Å²) in [4.78, 5) is 11.8. The van der Waals surface area contributed by atoms with Crippen molar-refractivity contribution in [3.63, 3.8) is 0 Å². The van der Waals surface area contributed by atoms with Gasteiger partial charge in [0.1, 0.15) is 11.5 Å². The van der Waals surface area contributed by atoms with Crippen molar-refractivity contribution in [3.8, 4) is 11.5 Å². The molecule has 2 heterocycles.